The van der Waals surface area contributed by atoms with Gasteiger partial charge < -0.3 is 20.1 Å². The van der Waals surface area contributed by atoms with E-state index < -0.39 is 42.6 Å². The maximum atomic E-state index is 13.1. The number of ether oxygens (including phenoxy) is 2. The lowest BCUT2D eigenvalue weighted by atomic mass is 10.3. The van der Waals surface area contributed by atoms with Gasteiger partial charge in [0.15, 0.2) is 18.2 Å². The van der Waals surface area contributed by atoms with Gasteiger partial charge in [-0.1, -0.05) is 0 Å². The predicted octanol–water partition coefficient (Wildman–Crippen LogP) is 2.46. The molecule has 0 aliphatic rings. The van der Waals surface area contributed by atoms with Crippen LogP contribution in [0.15, 0.2) is 61.1 Å². The Balaban J connectivity index is 1.48. The van der Waals surface area contributed by atoms with Gasteiger partial charge in [0.2, 0.25) is 11.8 Å². The zero-order chi connectivity index (χ0) is 22.9. The van der Waals surface area contributed by atoms with Crippen LogP contribution >= 0.6 is 0 Å². The number of nitrogens with zero attached hydrogens (tertiary/aromatic N) is 2. The van der Waals surface area contributed by atoms with Gasteiger partial charge in [0.05, 0.1) is 12.7 Å². The van der Waals surface area contributed by atoms with E-state index >= 15 is 0 Å². The van der Waals surface area contributed by atoms with Gasteiger partial charge in [-0.15, -0.1) is 0 Å². The lowest BCUT2D eigenvalue weighted by Gasteiger charge is -2.10. The minimum absolute atomic E-state index is 0.0137. The molecule has 0 aliphatic heterocycles. The molecule has 0 bridgehead atoms. The van der Waals surface area contributed by atoms with Crippen LogP contribution in [0.1, 0.15) is 10.4 Å². The van der Waals surface area contributed by atoms with Gasteiger partial charge in [-0.2, -0.15) is 0 Å². The number of pyridine rings is 2. The monoisotopic (exact) mass is 442 g/mol. The number of benzene rings is 1. The van der Waals surface area contributed by atoms with Crippen molar-refractivity contribution >= 4 is 23.5 Å². The van der Waals surface area contributed by atoms with Crippen LogP contribution in [0.5, 0.6) is 11.6 Å². The summed E-state index contributed by atoms with van der Waals surface area (Å²) in [7, 11) is 0. The van der Waals surface area contributed by atoms with Crippen LogP contribution in [0.3, 0.4) is 0 Å². The number of hydrogen-bond donors (Lipinski definition) is 2. The number of amides is 2. The molecular weight excluding hydrogens is 426 g/mol. The Kier molecular flexibility index (Phi) is 7.36. The molecule has 2 amide bonds. The summed E-state index contributed by atoms with van der Waals surface area (Å²) in [5, 5.41) is 4.53. The molecule has 0 fully saturated rings. The predicted molar refractivity (Wildman–Crippen MR) is 107 cm³/mol. The third-order valence-electron chi connectivity index (χ3n) is 3.82. The van der Waals surface area contributed by atoms with Crippen molar-refractivity contribution in [3.63, 3.8) is 0 Å². The topological polar surface area (TPSA) is 120 Å². The summed E-state index contributed by atoms with van der Waals surface area (Å²) in [4.78, 5) is 43.9. The summed E-state index contributed by atoms with van der Waals surface area (Å²) in [6, 6.07) is 8.99. The third kappa shape index (κ3) is 6.29. The Bertz CT molecular complexity index is 1130. The first-order chi connectivity index (χ1) is 15.4. The molecule has 0 saturated heterocycles. The molecule has 2 N–H and O–H groups in total. The van der Waals surface area contributed by atoms with E-state index in [0.717, 1.165) is 12.1 Å². The molecule has 9 nitrogen and oxygen atoms in total. The van der Waals surface area contributed by atoms with Crippen LogP contribution in [0.2, 0.25) is 0 Å². The van der Waals surface area contributed by atoms with Crippen LogP contribution in [-0.2, 0) is 14.3 Å². The Hall–Kier alpha value is -4.41. The average Bonchev–Trinajstić information content (AvgIpc) is 2.79. The lowest BCUT2D eigenvalue weighted by Crippen LogP contribution is -2.35. The van der Waals surface area contributed by atoms with Crippen molar-refractivity contribution in [3.8, 4) is 11.6 Å². The van der Waals surface area contributed by atoms with E-state index in [-0.39, 0.29) is 17.1 Å². The van der Waals surface area contributed by atoms with Gasteiger partial charge in [-0.25, -0.2) is 18.6 Å². The molecule has 2 aromatic heterocycles. The van der Waals surface area contributed by atoms with E-state index in [9.17, 15) is 23.2 Å². The second-order valence-corrected chi connectivity index (χ2v) is 6.18. The van der Waals surface area contributed by atoms with Crippen molar-refractivity contribution in [2.45, 2.75) is 0 Å². The van der Waals surface area contributed by atoms with E-state index in [1.165, 1.54) is 30.6 Å². The molecule has 32 heavy (non-hydrogen) atoms. The quantitative estimate of drug-likeness (QED) is 0.514. The Morgan fingerprint density at radius 3 is 2.53 bits per heavy atom. The largest absolute Gasteiger partial charge is 0.452 e. The number of nitrogens with one attached hydrogen (secondary N) is 2. The molecule has 3 rings (SSSR count). The van der Waals surface area contributed by atoms with E-state index in [4.69, 9.17) is 9.47 Å². The fourth-order valence-electron chi connectivity index (χ4n) is 2.36. The fraction of sp³-hybridized carbons (Fsp3) is 0.0952. The summed E-state index contributed by atoms with van der Waals surface area (Å²) in [5.74, 6) is -4.16. The Morgan fingerprint density at radius 1 is 0.969 bits per heavy atom. The molecule has 3 aromatic rings. The average molecular weight is 442 g/mol. The SMILES string of the molecule is O=C(COC(=O)c1cccnc1Oc1cccnc1)NCC(=O)Nc1ccc(F)c(F)c1. The molecule has 0 unspecified atom stereocenters. The van der Waals surface area contributed by atoms with E-state index in [1.54, 1.807) is 18.3 Å². The van der Waals surface area contributed by atoms with Crippen LogP contribution in [0.4, 0.5) is 14.5 Å². The molecular formula is C21H16F2N4O5. The number of hydrogen-bond acceptors (Lipinski definition) is 7. The number of rotatable bonds is 8. The number of carbonyl (C=O) groups excluding carboxylic acids is 3. The zero-order valence-corrected chi connectivity index (χ0v) is 16.4. The summed E-state index contributed by atoms with van der Waals surface area (Å²) in [6.45, 7) is -1.14. The first-order valence-corrected chi connectivity index (χ1v) is 9.14. The number of esters is 1. The Labute approximate surface area is 180 Å². The summed E-state index contributed by atoms with van der Waals surface area (Å²) in [6.07, 6.45) is 4.40. The highest BCUT2D eigenvalue weighted by atomic mass is 19.2. The number of halogens is 2. The molecule has 0 atom stereocenters. The fourth-order valence-corrected chi connectivity index (χ4v) is 2.36. The van der Waals surface area contributed by atoms with Gasteiger partial charge in [0.25, 0.3) is 5.91 Å². The van der Waals surface area contributed by atoms with Crippen molar-refractivity contribution < 1.29 is 32.6 Å². The highest BCUT2D eigenvalue weighted by Crippen LogP contribution is 2.22. The second-order valence-electron chi connectivity index (χ2n) is 6.18. The summed E-state index contributed by atoms with van der Waals surface area (Å²) in [5.41, 5.74) is 0.00697. The van der Waals surface area contributed by atoms with E-state index in [2.05, 4.69) is 20.6 Å². The van der Waals surface area contributed by atoms with Crippen molar-refractivity contribution in [3.05, 3.63) is 78.3 Å². The van der Waals surface area contributed by atoms with Crippen molar-refractivity contribution in [2.75, 3.05) is 18.5 Å². The van der Waals surface area contributed by atoms with Crippen molar-refractivity contribution in [1.29, 1.82) is 0 Å². The molecule has 164 valence electrons. The lowest BCUT2D eigenvalue weighted by molar-refractivity contribution is -0.126. The summed E-state index contributed by atoms with van der Waals surface area (Å²) < 4.78 is 36.5. The number of aromatic nitrogens is 2. The molecule has 11 heteroatoms. The van der Waals surface area contributed by atoms with Gasteiger partial charge in [-0.05, 0) is 36.4 Å². The van der Waals surface area contributed by atoms with Crippen LogP contribution in [0, 0.1) is 11.6 Å². The van der Waals surface area contributed by atoms with Gasteiger partial charge in [0.1, 0.15) is 11.3 Å². The first-order valence-electron chi connectivity index (χ1n) is 9.14. The minimum atomic E-state index is -1.12. The first kappa shape index (κ1) is 22.3. The number of carbonyl (C=O) groups is 3. The molecule has 0 saturated carbocycles. The second kappa shape index (κ2) is 10.6. The smallest absolute Gasteiger partial charge is 0.344 e. The van der Waals surface area contributed by atoms with Crippen LogP contribution in [-0.4, -0.2) is 40.9 Å². The summed E-state index contributed by atoms with van der Waals surface area (Å²) >= 11 is 0. The van der Waals surface area contributed by atoms with Crippen molar-refractivity contribution in [2.24, 2.45) is 0 Å². The normalized spacial score (nSPS) is 10.2. The maximum absolute atomic E-state index is 13.1. The molecule has 0 aliphatic carbocycles. The standard InChI is InChI=1S/C21H16F2N4O5/c22-16-6-5-13(9-17(16)23)27-18(28)11-26-19(29)12-31-21(30)15-4-2-8-25-20(15)32-14-3-1-7-24-10-14/h1-10H,11-12H2,(H,26,29)(H,27,28). The van der Waals surface area contributed by atoms with Gasteiger partial charge in [-0.3, -0.25) is 14.6 Å². The molecule has 0 spiro atoms. The zero-order valence-electron chi connectivity index (χ0n) is 16.4. The molecule has 2 heterocycles. The third-order valence-corrected chi connectivity index (χ3v) is 3.82. The molecule has 1 aromatic carbocycles. The van der Waals surface area contributed by atoms with E-state index in [0.29, 0.717) is 5.75 Å². The molecule has 0 radical (unpaired) electrons. The van der Waals surface area contributed by atoms with Gasteiger partial charge in [0, 0.05) is 24.1 Å². The van der Waals surface area contributed by atoms with Gasteiger partial charge >= 0.3 is 5.97 Å². The Morgan fingerprint density at radius 2 is 1.78 bits per heavy atom. The van der Waals surface area contributed by atoms with E-state index in [1.807, 2.05) is 0 Å². The highest BCUT2D eigenvalue weighted by molar-refractivity contribution is 5.96. The van der Waals surface area contributed by atoms with Crippen molar-refractivity contribution in [1.82, 2.24) is 15.3 Å². The maximum Gasteiger partial charge on any atom is 0.344 e. The number of anilines is 1. The highest BCUT2D eigenvalue weighted by Gasteiger charge is 2.17. The minimum Gasteiger partial charge on any atom is -0.452 e. The van der Waals surface area contributed by atoms with Crippen LogP contribution in [0.25, 0.3) is 0 Å². The van der Waals surface area contributed by atoms with Crippen LogP contribution < -0.4 is 15.4 Å².